The number of aryl methyl sites for hydroxylation is 1. The number of aromatic nitrogens is 7. The fourth-order valence-corrected chi connectivity index (χ4v) is 2.47. The molecule has 4 heterocycles. The third-order valence-electron chi connectivity index (χ3n) is 3.72. The van der Waals surface area contributed by atoms with Gasteiger partial charge >= 0.3 is 0 Å². The number of hydrogen-bond acceptors (Lipinski definition) is 6. The van der Waals surface area contributed by atoms with Crippen LogP contribution < -0.4 is 5.32 Å². The van der Waals surface area contributed by atoms with E-state index in [9.17, 15) is 0 Å². The Balaban J connectivity index is 1.59. The molecule has 0 saturated carbocycles. The lowest BCUT2D eigenvalue weighted by Crippen LogP contribution is -2.08. The molecule has 0 spiro atoms. The zero-order chi connectivity index (χ0) is 16.4. The maximum absolute atomic E-state index is 4.45. The largest absolute Gasteiger partial charge is 0.366 e. The van der Waals surface area contributed by atoms with Crippen molar-refractivity contribution < 1.29 is 0 Å². The highest BCUT2D eigenvalue weighted by atomic mass is 15.3. The summed E-state index contributed by atoms with van der Waals surface area (Å²) in [4.78, 5) is 17.0. The van der Waals surface area contributed by atoms with Gasteiger partial charge in [0.05, 0.1) is 0 Å². The first-order valence-corrected chi connectivity index (χ1v) is 7.70. The smallest absolute Gasteiger partial charge is 0.254 e. The summed E-state index contributed by atoms with van der Waals surface area (Å²) in [7, 11) is 0. The summed E-state index contributed by atoms with van der Waals surface area (Å²) >= 11 is 0. The number of fused-ring (bicyclic) bond motifs is 1. The maximum atomic E-state index is 4.45. The molecule has 8 heteroatoms. The minimum absolute atomic E-state index is 0.602. The fraction of sp³-hybridized carbons (Fsp3) is 0.188. The summed E-state index contributed by atoms with van der Waals surface area (Å²) in [6.07, 6.45) is 9.48. The SMILES string of the molecule is CCc1cc(NCc2ccnc(-n3ccnc3)c2)n2ncnc2n1. The molecule has 0 aliphatic heterocycles. The highest BCUT2D eigenvalue weighted by Crippen LogP contribution is 2.14. The van der Waals surface area contributed by atoms with E-state index in [0.717, 1.165) is 29.3 Å². The average Bonchev–Trinajstić information content (AvgIpc) is 3.31. The van der Waals surface area contributed by atoms with E-state index in [4.69, 9.17) is 0 Å². The second-order valence-electron chi connectivity index (χ2n) is 5.30. The van der Waals surface area contributed by atoms with Crippen LogP contribution in [-0.4, -0.2) is 34.1 Å². The minimum Gasteiger partial charge on any atom is -0.366 e. The Labute approximate surface area is 138 Å². The molecular weight excluding hydrogens is 304 g/mol. The topological polar surface area (TPSA) is 85.8 Å². The van der Waals surface area contributed by atoms with Gasteiger partial charge in [-0.3, -0.25) is 4.57 Å². The summed E-state index contributed by atoms with van der Waals surface area (Å²) in [6.45, 7) is 2.71. The first-order valence-electron chi connectivity index (χ1n) is 7.70. The van der Waals surface area contributed by atoms with Crippen LogP contribution >= 0.6 is 0 Å². The van der Waals surface area contributed by atoms with Gasteiger partial charge in [0, 0.05) is 36.9 Å². The van der Waals surface area contributed by atoms with Gasteiger partial charge < -0.3 is 5.32 Å². The van der Waals surface area contributed by atoms with Gasteiger partial charge in [0.25, 0.3) is 5.78 Å². The van der Waals surface area contributed by atoms with Gasteiger partial charge in [0.15, 0.2) is 0 Å². The van der Waals surface area contributed by atoms with Crippen molar-refractivity contribution in [3.05, 3.63) is 60.7 Å². The van der Waals surface area contributed by atoms with E-state index >= 15 is 0 Å². The van der Waals surface area contributed by atoms with Crippen LogP contribution in [0.2, 0.25) is 0 Å². The van der Waals surface area contributed by atoms with Crippen LogP contribution in [0.5, 0.6) is 0 Å². The number of hydrogen-bond donors (Lipinski definition) is 1. The molecule has 0 aromatic carbocycles. The van der Waals surface area contributed by atoms with E-state index < -0.39 is 0 Å². The number of nitrogens with zero attached hydrogens (tertiary/aromatic N) is 7. The molecule has 1 N–H and O–H groups in total. The Hall–Kier alpha value is -3.29. The highest BCUT2D eigenvalue weighted by molar-refractivity contribution is 5.45. The molecule has 0 bridgehead atoms. The molecule has 24 heavy (non-hydrogen) atoms. The molecule has 0 atom stereocenters. The van der Waals surface area contributed by atoms with E-state index in [1.165, 1.54) is 6.33 Å². The van der Waals surface area contributed by atoms with Gasteiger partial charge in [-0.15, -0.1) is 0 Å². The number of nitrogens with one attached hydrogen (secondary N) is 1. The van der Waals surface area contributed by atoms with Gasteiger partial charge in [-0.1, -0.05) is 6.92 Å². The Morgan fingerprint density at radius 3 is 2.96 bits per heavy atom. The van der Waals surface area contributed by atoms with Crippen LogP contribution in [0.1, 0.15) is 18.2 Å². The predicted octanol–water partition coefficient (Wildman–Crippen LogP) is 1.88. The zero-order valence-corrected chi connectivity index (χ0v) is 13.2. The van der Waals surface area contributed by atoms with Crippen molar-refractivity contribution in [1.82, 2.24) is 34.1 Å². The van der Waals surface area contributed by atoms with Crippen molar-refractivity contribution in [3.63, 3.8) is 0 Å². The van der Waals surface area contributed by atoms with Crippen molar-refractivity contribution in [2.75, 3.05) is 5.32 Å². The van der Waals surface area contributed by atoms with Gasteiger partial charge in [0.2, 0.25) is 0 Å². The monoisotopic (exact) mass is 320 g/mol. The van der Waals surface area contributed by atoms with Gasteiger partial charge in [0.1, 0.15) is 24.3 Å². The van der Waals surface area contributed by atoms with Crippen molar-refractivity contribution in [1.29, 1.82) is 0 Å². The number of rotatable bonds is 5. The Bertz CT molecular complexity index is 957. The fourth-order valence-electron chi connectivity index (χ4n) is 2.47. The van der Waals surface area contributed by atoms with Crippen LogP contribution in [0, 0.1) is 0 Å². The molecule has 4 rings (SSSR count). The lowest BCUT2D eigenvalue weighted by atomic mass is 10.2. The second kappa shape index (κ2) is 6.07. The van der Waals surface area contributed by atoms with Gasteiger partial charge in [-0.05, 0) is 24.1 Å². The van der Waals surface area contributed by atoms with Crippen LogP contribution in [0.25, 0.3) is 11.6 Å². The summed E-state index contributed by atoms with van der Waals surface area (Å²) in [5.41, 5.74) is 2.09. The van der Waals surface area contributed by atoms with E-state index in [-0.39, 0.29) is 0 Å². The molecule has 0 fully saturated rings. The normalized spacial score (nSPS) is 11.0. The molecule has 0 aliphatic carbocycles. The Kier molecular flexibility index (Phi) is 3.62. The first-order chi connectivity index (χ1) is 11.8. The van der Waals surface area contributed by atoms with Crippen LogP contribution in [0.3, 0.4) is 0 Å². The molecule has 0 unspecified atom stereocenters. The standard InChI is InChI=1S/C16H16N8/c1-2-13-8-15(24-16(22-13)20-10-21-24)19-9-12-3-4-18-14(7-12)23-6-5-17-11-23/h3-8,10-11,19H,2,9H2,1H3. The molecule has 4 aromatic heterocycles. The van der Waals surface area contributed by atoms with Crippen LogP contribution in [0.4, 0.5) is 5.82 Å². The summed E-state index contributed by atoms with van der Waals surface area (Å²) in [5.74, 6) is 2.31. The summed E-state index contributed by atoms with van der Waals surface area (Å²) in [6, 6.07) is 6.00. The maximum Gasteiger partial charge on any atom is 0.254 e. The van der Waals surface area contributed by atoms with Crippen molar-refractivity contribution >= 4 is 11.6 Å². The van der Waals surface area contributed by atoms with Crippen molar-refractivity contribution in [2.24, 2.45) is 0 Å². The van der Waals surface area contributed by atoms with Gasteiger partial charge in [-0.2, -0.15) is 14.6 Å². The predicted molar refractivity (Wildman–Crippen MR) is 88.8 cm³/mol. The zero-order valence-electron chi connectivity index (χ0n) is 13.2. The van der Waals surface area contributed by atoms with E-state index in [1.54, 1.807) is 23.2 Å². The molecule has 0 saturated heterocycles. The third-order valence-corrected chi connectivity index (χ3v) is 3.72. The lowest BCUT2D eigenvalue weighted by molar-refractivity contribution is 0.899. The lowest BCUT2D eigenvalue weighted by Gasteiger charge is -2.10. The Morgan fingerprint density at radius 2 is 2.12 bits per heavy atom. The minimum atomic E-state index is 0.602. The molecule has 4 aromatic rings. The first kappa shape index (κ1) is 14.3. The van der Waals surface area contributed by atoms with Crippen molar-refractivity contribution in [3.8, 4) is 5.82 Å². The summed E-state index contributed by atoms with van der Waals surface area (Å²) < 4.78 is 3.58. The average molecular weight is 320 g/mol. The van der Waals surface area contributed by atoms with Gasteiger partial charge in [-0.25, -0.2) is 15.0 Å². The number of imidazole rings is 1. The molecular formula is C16H16N8. The Morgan fingerprint density at radius 1 is 1.17 bits per heavy atom. The van der Waals surface area contributed by atoms with E-state index in [1.807, 2.05) is 29.0 Å². The quantitative estimate of drug-likeness (QED) is 0.604. The van der Waals surface area contributed by atoms with Crippen LogP contribution in [-0.2, 0) is 13.0 Å². The molecule has 120 valence electrons. The second-order valence-corrected chi connectivity index (χ2v) is 5.30. The number of anilines is 1. The van der Waals surface area contributed by atoms with E-state index in [0.29, 0.717) is 12.3 Å². The molecule has 8 nitrogen and oxygen atoms in total. The molecule has 0 radical (unpaired) electrons. The number of pyridine rings is 1. The third kappa shape index (κ3) is 2.69. The van der Waals surface area contributed by atoms with E-state index in [2.05, 4.69) is 37.3 Å². The highest BCUT2D eigenvalue weighted by Gasteiger charge is 2.07. The molecule has 0 aliphatic rings. The van der Waals surface area contributed by atoms with Crippen molar-refractivity contribution in [2.45, 2.75) is 19.9 Å². The molecule has 0 amide bonds. The van der Waals surface area contributed by atoms with Crippen LogP contribution in [0.15, 0.2) is 49.4 Å². The summed E-state index contributed by atoms with van der Waals surface area (Å²) in [5, 5.41) is 7.63.